The molecule has 0 unspecified atom stereocenters. The van der Waals surface area contributed by atoms with E-state index in [1.165, 1.54) is 23.0 Å². The minimum Gasteiger partial charge on any atom is -0.382 e. The maximum atomic E-state index is 6.23. The molecule has 3 aromatic rings. The van der Waals surface area contributed by atoms with Crippen LogP contribution in [0, 0.1) is 5.41 Å². The summed E-state index contributed by atoms with van der Waals surface area (Å²) in [5.74, 6) is 1.50. The Balaban J connectivity index is 1.27. The zero-order chi connectivity index (χ0) is 20.7. The molecule has 1 fully saturated rings. The zero-order valence-corrected chi connectivity index (χ0v) is 18.0. The summed E-state index contributed by atoms with van der Waals surface area (Å²) < 4.78 is 0. The summed E-state index contributed by atoms with van der Waals surface area (Å²) in [4.78, 5) is 20.7. The van der Waals surface area contributed by atoms with Crippen LogP contribution in [0.1, 0.15) is 24.1 Å². The number of hydrogen-bond donors (Lipinski definition) is 2. The largest absolute Gasteiger partial charge is 0.382 e. The first-order valence-corrected chi connectivity index (χ1v) is 11.1. The molecule has 4 heterocycles. The van der Waals surface area contributed by atoms with Crippen LogP contribution in [0.3, 0.4) is 0 Å². The van der Waals surface area contributed by atoms with Gasteiger partial charge in [0.05, 0.1) is 11.2 Å². The van der Waals surface area contributed by atoms with E-state index in [1.54, 1.807) is 18.5 Å². The lowest BCUT2D eigenvalue weighted by molar-refractivity contribution is 0.231. The first kappa shape index (κ1) is 19.4. The molecule has 1 aliphatic carbocycles. The number of piperidine rings is 1. The smallest absolute Gasteiger partial charge is 0.158 e. The lowest BCUT2D eigenvalue weighted by Crippen LogP contribution is -2.41. The molecule has 2 aliphatic rings. The van der Waals surface area contributed by atoms with Crippen LogP contribution in [-0.4, -0.2) is 33.0 Å². The number of hydrogen-bond acceptors (Lipinski definition) is 8. The Bertz CT molecular complexity index is 1070. The third-order valence-electron chi connectivity index (χ3n) is 6.08. The third kappa shape index (κ3) is 3.54. The predicted octanol–water partition coefficient (Wildman–Crippen LogP) is 3.62. The molecule has 154 valence electrons. The maximum Gasteiger partial charge on any atom is 0.158 e. The van der Waals surface area contributed by atoms with Gasteiger partial charge in [-0.1, -0.05) is 29.4 Å². The van der Waals surface area contributed by atoms with Crippen LogP contribution in [0.25, 0.3) is 0 Å². The Hall–Kier alpha value is -2.58. The number of nitrogen functional groups attached to an aromatic ring is 2. The second kappa shape index (κ2) is 7.59. The van der Waals surface area contributed by atoms with Crippen LogP contribution in [0.4, 0.5) is 17.5 Å². The molecule has 1 aliphatic heterocycles. The number of rotatable bonds is 3. The fraction of sp³-hybridized carbons (Fsp3) is 0.333. The molecule has 1 spiro atoms. The van der Waals surface area contributed by atoms with Gasteiger partial charge < -0.3 is 16.4 Å². The van der Waals surface area contributed by atoms with Gasteiger partial charge in [-0.25, -0.2) is 15.0 Å². The number of halogens is 1. The molecule has 0 bridgehead atoms. The molecule has 30 heavy (non-hydrogen) atoms. The zero-order valence-electron chi connectivity index (χ0n) is 16.4. The van der Waals surface area contributed by atoms with Crippen molar-refractivity contribution in [1.82, 2.24) is 19.9 Å². The standard InChI is InChI=1S/C21H22ClN7S/c22-17-15(3-7-26-18(17)23)30-20-19(24)28-16(12-27-20)29-8-4-21(5-9-29)10-13-2-1-6-25-14(13)11-21/h1-3,6-7,12H,4-5,8-11H2,(H2,23,26)(H2,24,28). The Morgan fingerprint density at radius 3 is 2.60 bits per heavy atom. The van der Waals surface area contributed by atoms with Crippen molar-refractivity contribution < 1.29 is 0 Å². The van der Waals surface area contributed by atoms with Gasteiger partial charge in [0.2, 0.25) is 0 Å². The van der Waals surface area contributed by atoms with E-state index in [9.17, 15) is 0 Å². The first-order chi connectivity index (χ1) is 14.5. The number of aromatic nitrogens is 4. The van der Waals surface area contributed by atoms with E-state index < -0.39 is 0 Å². The highest BCUT2D eigenvalue weighted by molar-refractivity contribution is 7.99. The van der Waals surface area contributed by atoms with Crippen molar-refractivity contribution in [2.45, 2.75) is 35.6 Å². The Labute approximate surface area is 184 Å². The normalized spacial score (nSPS) is 17.3. The van der Waals surface area contributed by atoms with Crippen molar-refractivity contribution in [1.29, 1.82) is 0 Å². The lowest BCUT2D eigenvalue weighted by Gasteiger charge is -2.39. The van der Waals surface area contributed by atoms with Gasteiger partial charge in [-0.15, -0.1) is 0 Å². The molecule has 0 aromatic carbocycles. The van der Waals surface area contributed by atoms with E-state index in [4.69, 9.17) is 23.1 Å². The number of nitrogens with zero attached hydrogens (tertiary/aromatic N) is 5. The van der Waals surface area contributed by atoms with Crippen molar-refractivity contribution in [3.63, 3.8) is 0 Å². The molecule has 5 rings (SSSR count). The average Bonchev–Trinajstić information content (AvgIpc) is 3.11. The summed E-state index contributed by atoms with van der Waals surface area (Å²) in [5.41, 5.74) is 15.0. The highest BCUT2D eigenvalue weighted by Gasteiger charge is 2.40. The van der Waals surface area contributed by atoms with Crippen molar-refractivity contribution in [2.24, 2.45) is 5.41 Å². The van der Waals surface area contributed by atoms with Crippen LogP contribution in [-0.2, 0) is 12.8 Å². The fourth-order valence-electron chi connectivity index (χ4n) is 4.41. The van der Waals surface area contributed by atoms with Crippen LogP contribution in [0.15, 0.2) is 46.7 Å². The molecule has 0 saturated carbocycles. The number of fused-ring (bicyclic) bond motifs is 1. The van der Waals surface area contributed by atoms with E-state index >= 15 is 0 Å². The van der Waals surface area contributed by atoms with Crippen LogP contribution >= 0.6 is 23.4 Å². The van der Waals surface area contributed by atoms with Gasteiger partial charge in [0, 0.05) is 36.1 Å². The Kier molecular flexibility index (Phi) is 4.91. The molecular formula is C21H22ClN7S. The quantitative estimate of drug-likeness (QED) is 0.637. The van der Waals surface area contributed by atoms with E-state index in [0.717, 1.165) is 49.5 Å². The number of nitrogens with two attached hydrogens (primary N) is 2. The highest BCUT2D eigenvalue weighted by Crippen LogP contribution is 2.44. The Morgan fingerprint density at radius 2 is 1.83 bits per heavy atom. The molecule has 0 radical (unpaired) electrons. The Morgan fingerprint density at radius 1 is 1.00 bits per heavy atom. The van der Waals surface area contributed by atoms with Gasteiger partial charge in [-0.2, -0.15) is 0 Å². The predicted molar refractivity (Wildman–Crippen MR) is 120 cm³/mol. The summed E-state index contributed by atoms with van der Waals surface area (Å²) in [7, 11) is 0. The summed E-state index contributed by atoms with van der Waals surface area (Å²) in [6.07, 6.45) is 9.75. The van der Waals surface area contributed by atoms with E-state index in [1.807, 2.05) is 12.3 Å². The monoisotopic (exact) mass is 439 g/mol. The summed E-state index contributed by atoms with van der Waals surface area (Å²) in [6, 6.07) is 6.05. The van der Waals surface area contributed by atoms with Crippen molar-refractivity contribution in [2.75, 3.05) is 29.5 Å². The van der Waals surface area contributed by atoms with Gasteiger partial charge in [0.25, 0.3) is 0 Å². The number of anilines is 3. The summed E-state index contributed by atoms with van der Waals surface area (Å²) >= 11 is 7.57. The topological polar surface area (TPSA) is 107 Å². The second-order valence-electron chi connectivity index (χ2n) is 7.98. The van der Waals surface area contributed by atoms with Crippen molar-refractivity contribution >= 4 is 40.8 Å². The van der Waals surface area contributed by atoms with Gasteiger partial charge in [0.1, 0.15) is 16.7 Å². The van der Waals surface area contributed by atoms with Crippen LogP contribution in [0.2, 0.25) is 5.02 Å². The van der Waals surface area contributed by atoms with Gasteiger partial charge in [-0.3, -0.25) is 4.98 Å². The molecule has 3 aromatic heterocycles. The van der Waals surface area contributed by atoms with E-state index in [2.05, 4.69) is 30.9 Å². The fourth-order valence-corrected chi connectivity index (χ4v) is 5.43. The second-order valence-corrected chi connectivity index (χ2v) is 9.39. The third-order valence-corrected chi connectivity index (χ3v) is 7.66. The van der Waals surface area contributed by atoms with Crippen molar-refractivity contribution in [3.05, 3.63) is 53.1 Å². The molecule has 0 amide bonds. The minimum atomic E-state index is 0.288. The maximum absolute atomic E-state index is 6.23. The molecule has 4 N–H and O–H groups in total. The number of pyridine rings is 2. The average molecular weight is 440 g/mol. The van der Waals surface area contributed by atoms with Gasteiger partial charge in [-0.05, 0) is 48.8 Å². The first-order valence-electron chi connectivity index (χ1n) is 9.91. The summed E-state index contributed by atoms with van der Waals surface area (Å²) in [5, 5.41) is 1.01. The van der Waals surface area contributed by atoms with Crippen molar-refractivity contribution in [3.8, 4) is 0 Å². The molecule has 9 heteroatoms. The lowest BCUT2D eigenvalue weighted by atomic mass is 9.76. The summed E-state index contributed by atoms with van der Waals surface area (Å²) in [6.45, 7) is 1.89. The highest BCUT2D eigenvalue weighted by atomic mass is 35.5. The SMILES string of the molecule is Nc1nc(N2CCC3(CC2)Cc2cccnc2C3)cnc1Sc1ccnc(N)c1Cl. The molecule has 7 nitrogen and oxygen atoms in total. The van der Waals surface area contributed by atoms with Gasteiger partial charge in [0.15, 0.2) is 5.82 Å². The molecule has 1 saturated heterocycles. The van der Waals surface area contributed by atoms with E-state index in [0.29, 0.717) is 21.3 Å². The van der Waals surface area contributed by atoms with E-state index in [-0.39, 0.29) is 5.82 Å². The van der Waals surface area contributed by atoms with Crippen LogP contribution < -0.4 is 16.4 Å². The molecular weight excluding hydrogens is 418 g/mol. The minimum absolute atomic E-state index is 0.288. The van der Waals surface area contributed by atoms with Crippen LogP contribution in [0.5, 0.6) is 0 Å². The van der Waals surface area contributed by atoms with Gasteiger partial charge >= 0.3 is 0 Å². The molecule has 0 atom stereocenters.